The largest absolute Gasteiger partial charge is 0.376 e. The van der Waals surface area contributed by atoms with Gasteiger partial charge in [-0.25, -0.2) is 13.1 Å². The van der Waals surface area contributed by atoms with Crippen molar-refractivity contribution in [3.8, 4) is 0 Å². The van der Waals surface area contributed by atoms with E-state index in [1.54, 1.807) is 12.1 Å². The minimum atomic E-state index is -3.76. The number of sulfonamides is 1. The van der Waals surface area contributed by atoms with Crippen LogP contribution in [0.25, 0.3) is 0 Å². The van der Waals surface area contributed by atoms with Crippen molar-refractivity contribution in [2.75, 3.05) is 19.8 Å². The Morgan fingerprint density at radius 3 is 2.08 bits per heavy atom. The fraction of sp³-hybridized carbons (Fsp3) is 0.267. The molecule has 0 heterocycles. The molecule has 0 unspecified atom stereocenters. The Balaban J connectivity index is 1.55. The molecular weight excluding hydrogens is 468 g/mol. The van der Waals surface area contributed by atoms with Crippen molar-refractivity contribution in [3.05, 3.63) is 125 Å². The van der Waals surface area contributed by atoms with Crippen molar-refractivity contribution in [2.24, 2.45) is 0 Å². The molecule has 4 rings (SSSR count). The van der Waals surface area contributed by atoms with Gasteiger partial charge in [-0.15, -0.1) is 0 Å². The van der Waals surface area contributed by atoms with Crippen LogP contribution < -0.4 is 10.0 Å². The summed E-state index contributed by atoms with van der Waals surface area (Å²) in [5.74, 6) is 0. The number of benzene rings is 3. The lowest BCUT2D eigenvalue weighted by atomic mass is 9.94. The Kier molecular flexibility index (Phi) is 9.25. The van der Waals surface area contributed by atoms with Crippen LogP contribution >= 0.6 is 0 Å². The van der Waals surface area contributed by atoms with E-state index in [-0.39, 0.29) is 10.9 Å². The highest BCUT2D eigenvalue weighted by molar-refractivity contribution is 7.89. The average Bonchev–Trinajstić information content (AvgIpc) is 2.91. The normalized spacial score (nSPS) is 15.3. The maximum atomic E-state index is 13.4. The minimum absolute atomic E-state index is 0.249. The molecule has 2 atom stereocenters. The minimum Gasteiger partial charge on any atom is -0.376 e. The first-order chi connectivity index (χ1) is 17.5. The number of hydrogen-bond donors (Lipinski definition) is 2. The summed E-state index contributed by atoms with van der Waals surface area (Å²) < 4.78 is 35.8. The predicted octanol–water partition coefficient (Wildman–Crippen LogP) is 5.64. The molecule has 0 saturated carbocycles. The van der Waals surface area contributed by atoms with Crippen LogP contribution in [0.15, 0.2) is 114 Å². The summed E-state index contributed by atoms with van der Waals surface area (Å²) in [4.78, 5) is 0.249. The first-order valence-electron chi connectivity index (χ1n) is 12.4. The molecule has 5 nitrogen and oxygen atoms in total. The molecular formula is C30H34N2O3S. The third-order valence-electron chi connectivity index (χ3n) is 6.25. The van der Waals surface area contributed by atoms with Crippen LogP contribution in [-0.2, 0) is 14.8 Å². The van der Waals surface area contributed by atoms with Gasteiger partial charge in [0.1, 0.15) is 0 Å². The number of nitrogens with one attached hydrogen (secondary N) is 2. The maximum absolute atomic E-state index is 13.4. The molecule has 2 N–H and O–H groups in total. The molecule has 188 valence electrons. The zero-order valence-corrected chi connectivity index (χ0v) is 21.5. The summed E-state index contributed by atoms with van der Waals surface area (Å²) in [6.45, 7) is 3.66. The number of aryl methyl sites for hydroxylation is 1. The quantitative estimate of drug-likeness (QED) is 0.249. The van der Waals surface area contributed by atoms with E-state index in [1.807, 2.05) is 79.7 Å². The Morgan fingerprint density at radius 2 is 1.47 bits per heavy atom. The van der Waals surface area contributed by atoms with Gasteiger partial charge in [-0.2, -0.15) is 0 Å². The van der Waals surface area contributed by atoms with E-state index in [0.717, 1.165) is 29.5 Å². The molecule has 3 aromatic rings. The lowest BCUT2D eigenvalue weighted by molar-refractivity contribution is 0.152. The van der Waals surface area contributed by atoms with Crippen LogP contribution in [0.4, 0.5) is 0 Å². The van der Waals surface area contributed by atoms with Gasteiger partial charge in [0.15, 0.2) is 0 Å². The van der Waals surface area contributed by atoms with Crippen LogP contribution in [-0.4, -0.2) is 28.2 Å². The monoisotopic (exact) mass is 502 g/mol. The van der Waals surface area contributed by atoms with Crippen molar-refractivity contribution in [1.29, 1.82) is 0 Å². The molecule has 6 heteroatoms. The number of ether oxygens (including phenoxy) is 1. The lowest BCUT2D eigenvalue weighted by Gasteiger charge is -2.30. The van der Waals surface area contributed by atoms with E-state index >= 15 is 0 Å². The second-order valence-electron chi connectivity index (χ2n) is 8.99. The Labute approximate surface area is 215 Å². The molecule has 3 aromatic carbocycles. The zero-order chi connectivity index (χ0) is 25.2. The highest BCUT2D eigenvalue weighted by Crippen LogP contribution is 2.30. The van der Waals surface area contributed by atoms with Gasteiger partial charge in [-0.1, -0.05) is 96.6 Å². The molecule has 0 aromatic heterocycles. The molecule has 0 aliphatic heterocycles. The van der Waals surface area contributed by atoms with Crippen LogP contribution in [0, 0.1) is 6.92 Å². The van der Waals surface area contributed by atoms with Crippen molar-refractivity contribution < 1.29 is 13.2 Å². The molecule has 36 heavy (non-hydrogen) atoms. The maximum Gasteiger partial charge on any atom is 0.241 e. The van der Waals surface area contributed by atoms with Crippen molar-refractivity contribution >= 4 is 10.0 Å². The second kappa shape index (κ2) is 12.8. The highest BCUT2D eigenvalue weighted by Gasteiger charge is 2.29. The predicted molar refractivity (Wildman–Crippen MR) is 145 cm³/mol. The summed E-state index contributed by atoms with van der Waals surface area (Å²) in [7, 11) is -3.76. The summed E-state index contributed by atoms with van der Waals surface area (Å²) in [6, 6.07) is 25.8. The van der Waals surface area contributed by atoms with Crippen molar-refractivity contribution in [1.82, 2.24) is 10.0 Å². The van der Waals surface area contributed by atoms with Gasteiger partial charge < -0.3 is 10.1 Å². The average molecular weight is 503 g/mol. The summed E-state index contributed by atoms with van der Waals surface area (Å²) in [6.07, 6.45) is 8.46. The summed E-state index contributed by atoms with van der Waals surface area (Å²) >= 11 is 0. The SMILES string of the molecule is Cc1ccc(S(=O)(=O)N[C@H](c2ccccc2)[C@H](NCCOCC2=CCC=CC2)c2ccccc2)cc1. The van der Waals surface area contributed by atoms with Crippen LogP contribution in [0.1, 0.15) is 41.6 Å². The van der Waals surface area contributed by atoms with E-state index in [2.05, 4.69) is 28.3 Å². The van der Waals surface area contributed by atoms with E-state index in [4.69, 9.17) is 4.74 Å². The summed E-state index contributed by atoms with van der Waals surface area (Å²) in [5.41, 5.74) is 4.19. The fourth-order valence-electron chi connectivity index (χ4n) is 4.29. The van der Waals surface area contributed by atoms with E-state index in [0.29, 0.717) is 19.8 Å². The van der Waals surface area contributed by atoms with E-state index in [9.17, 15) is 8.42 Å². The van der Waals surface area contributed by atoms with E-state index in [1.165, 1.54) is 5.57 Å². The number of allylic oxidation sites excluding steroid dienone is 3. The molecule has 0 amide bonds. The third-order valence-corrected chi connectivity index (χ3v) is 7.71. The van der Waals surface area contributed by atoms with Gasteiger partial charge in [0, 0.05) is 6.54 Å². The Morgan fingerprint density at radius 1 is 0.833 bits per heavy atom. The van der Waals surface area contributed by atoms with Gasteiger partial charge >= 0.3 is 0 Å². The van der Waals surface area contributed by atoms with Gasteiger partial charge in [0.05, 0.1) is 30.2 Å². The number of hydrogen-bond acceptors (Lipinski definition) is 4. The molecule has 0 saturated heterocycles. The topological polar surface area (TPSA) is 67.4 Å². The Hall–Kier alpha value is -3.03. The smallest absolute Gasteiger partial charge is 0.241 e. The van der Waals surface area contributed by atoms with Crippen molar-refractivity contribution in [3.63, 3.8) is 0 Å². The Bertz CT molecular complexity index is 1250. The molecule has 0 fully saturated rings. The summed E-state index contributed by atoms with van der Waals surface area (Å²) in [5, 5.41) is 3.57. The molecule has 1 aliphatic carbocycles. The molecule has 0 spiro atoms. The zero-order valence-electron chi connectivity index (χ0n) is 20.6. The molecule has 1 aliphatic rings. The van der Waals surface area contributed by atoms with E-state index < -0.39 is 16.1 Å². The molecule has 0 radical (unpaired) electrons. The first kappa shape index (κ1) is 26.0. The highest BCUT2D eigenvalue weighted by atomic mass is 32.2. The standard InChI is InChI=1S/C30H34N2O3S/c1-24-17-19-28(20-18-24)36(33,34)32-30(27-15-9-4-10-16-27)29(26-13-7-3-8-14-26)31-21-22-35-23-25-11-5-2-6-12-25/h2-5,7-10,12-20,29-32H,6,11,21-23H2,1H3/t29-,30-/m1/s1. The van der Waals surface area contributed by atoms with Gasteiger partial charge in [-0.3, -0.25) is 0 Å². The third kappa shape index (κ3) is 7.24. The van der Waals surface area contributed by atoms with Gasteiger partial charge in [0.25, 0.3) is 0 Å². The number of rotatable bonds is 12. The van der Waals surface area contributed by atoms with Crippen LogP contribution in [0.3, 0.4) is 0 Å². The van der Waals surface area contributed by atoms with Crippen molar-refractivity contribution in [2.45, 2.75) is 36.7 Å². The molecule has 0 bridgehead atoms. The second-order valence-corrected chi connectivity index (χ2v) is 10.7. The van der Waals surface area contributed by atoms with Crippen LogP contribution in [0.5, 0.6) is 0 Å². The lowest BCUT2D eigenvalue weighted by Crippen LogP contribution is -2.39. The fourth-order valence-corrected chi connectivity index (χ4v) is 5.52. The van der Waals surface area contributed by atoms with Gasteiger partial charge in [0.2, 0.25) is 10.0 Å². The first-order valence-corrected chi connectivity index (χ1v) is 13.8. The van der Waals surface area contributed by atoms with Gasteiger partial charge in [-0.05, 0) is 48.6 Å². The van der Waals surface area contributed by atoms with Crippen LogP contribution in [0.2, 0.25) is 0 Å².